The summed E-state index contributed by atoms with van der Waals surface area (Å²) in [6.45, 7) is 2.85. The zero-order valence-electron chi connectivity index (χ0n) is 13.8. The zero-order valence-corrected chi connectivity index (χ0v) is 14.6. The van der Waals surface area contributed by atoms with Crippen molar-refractivity contribution < 1.29 is 12.8 Å². The predicted molar refractivity (Wildman–Crippen MR) is 88.4 cm³/mol. The fourth-order valence-corrected chi connectivity index (χ4v) is 4.56. The Kier molecular flexibility index (Phi) is 4.76. The van der Waals surface area contributed by atoms with Crippen LogP contribution in [0.2, 0.25) is 0 Å². The second-order valence-electron chi connectivity index (χ2n) is 6.96. The van der Waals surface area contributed by atoms with Crippen molar-refractivity contribution in [3.8, 4) is 0 Å². The van der Waals surface area contributed by atoms with E-state index >= 15 is 0 Å². The summed E-state index contributed by atoms with van der Waals surface area (Å²) in [6, 6.07) is 6.13. The summed E-state index contributed by atoms with van der Waals surface area (Å²) < 4.78 is 42.2. The molecule has 128 valence electrons. The monoisotopic (exact) mass is 340 g/mol. The van der Waals surface area contributed by atoms with Gasteiger partial charge in [0.2, 0.25) is 0 Å². The van der Waals surface area contributed by atoms with Gasteiger partial charge in [-0.15, -0.1) is 0 Å². The number of hydrogen-bond donors (Lipinski definition) is 0. The largest absolute Gasteiger partial charge is 0.282 e. The molecule has 0 spiro atoms. The van der Waals surface area contributed by atoms with E-state index in [-0.39, 0.29) is 11.9 Å². The van der Waals surface area contributed by atoms with Crippen LogP contribution >= 0.6 is 0 Å². The molecule has 0 aromatic heterocycles. The highest BCUT2D eigenvalue weighted by molar-refractivity contribution is 7.86. The van der Waals surface area contributed by atoms with E-state index < -0.39 is 10.2 Å². The molecular weight excluding hydrogens is 315 g/mol. The van der Waals surface area contributed by atoms with E-state index in [1.165, 1.54) is 16.4 Å². The van der Waals surface area contributed by atoms with Crippen molar-refractivity contribution in [2.75, 3.05) is 13.6 Å². The molecule has 0 N–H and O–H groups in total. The van der Waals surface area contributed by atoms with Crippen LogP contribution < -0.4 is 0 Å². The van der Waals surface area contributed by atoms with Gasteiger partial charge in [0, 0.05) is 26.2 Å². The van der Waals surface area contributed by atoms with E-state index in [4.69, 9.17) is 0 Å². The maximum atomic E-state index is 13.1. The normalized spacial score (nSPS) is 20.2. The fraction of sp³-hybridized carbons (Fsp3) is 0.647. The number of rotatable bonds is 8. The Morgan fingerprint density at radius 2 is 1.78 bits per heavy atom. The molecule has 2 fully saturated rings. The molecule has 1 atom stereocenters. The van der Waals surface area contributed by atoms with Crippen molar-refractivity contribution in [2.45, 2.75) is 45.2 Å². The van der Waals surface area contributed by atoms with Crippen molar-refractivity contribution in [3.63, 3.8) is 0 Å². The minimum Gasteiger partial charge on any atom is -0.207 e. The molecular formula is C17H25FN2O2S. The molecule has 6 heteroatoms. The van der Waals surface area contributed by atoms with Crippen LogP contribution in [0.1, 0.15) is 38.2 Å². The summed E-state index contributed by atoms with van der Waals surface area (Å²) in [5.74, 6) is 0.656. The summed E-state index contributed by atoms with van der Waals surface area (Å²) in [5.41, 5.74) is 0.822. The first-order valence-electron chi connectivity index (χ1n) is 8.35. The number of nitrogens with zero attached hydrogens (tertiary/aromatic N) is 2. The average Bonchev–Trinajstić information content (AvgIpc) is 3.39. The lowest BCUT2D eigenvalue weighted by atomic mass is 10.2. The molecule has 0 heterocycles. The molecule has 0 saturated heterocycles. The molecule has 2 saturated carbocycles. The van der Waals surface area contributed by atoms with Crippen molar-refractivity contribution in [1.29, 1.82) is 0 Å². The summed E-state index contributed by atoms with van der Waals surface area (Å²) in [5, 5.41) is 0. The molecule has 4 nitrogen and oxygen atoms in total. The van der Waals surface area contributed by atoms with Crippen LogP contribution in [0.3, 0.4) is 0 Å². The standard InChI is InChI=1S/C17H25FN2O2S/c1-13(16-7-8-16)19(2)23(21,22)20(11-14-3-4-14)12-15-5-9-17(18)10-6-15/h5-6,9-10,13-14,16H,3-4,7-8,11-12H2,1-2H3. The van der Waals surface area contributed by atoms with Gasteiger partial charge in [0.05, 0.1) is 0 Å². The molecule has 0 bridgehead atoms. The molecule has 0 aliphatic heterocycles. The highest BCUT2D eigenvalue weighted by Crippen LogP contribution is 2.37. The van der Waals surface area contributed by atoms with Gasteiger partial charge in [0.25, 0.3) is 10.2 Å². The van der Waals surface area contributed by atoms with Gasteiger partial charge >= 0.3 is 0 Å². The smallest absolute Gasteiger partial charge is 0.207 e. The Morgan fingerprint density at radius 1 is 1.17 bits per heavy atom. The first-order valence-corrected chi connectivity index (χ1v) is 9.75. The lowest BCUT2D eigenvalue weighted by Gasteiger charge is -2.31. The molecule has 2 aliphatic rings. The number of benzene rings is 1. The summed E-state index contributed by atoms with van der Waals surface area (Å²) >= 11 is 0. The third kappa shape index (κ3) is 4.11. The van der Waals surface area contributed by atoms with Gasteiger partial charge in [-0.1, -0.05) is 12.1 Å². The zero-order chi connectivity index (χ0) is 16.6. The lowest BCUT2D eigenvalue weighted by molar-refractivity contribution is 0.300. The van der Waals surface area contributed by atoms with E-state index in [9.17, 15) is 12.8 Å². The molecule has 0 amide bonds. The van der Waals surface area contributed by atoms with Gasteiger partial charge in [0.1, 0.15) is 5.82 Å². The van der Waals surface area contributed by atoms with Crippen molar-refractivity contribution >= 4 is 10.2 Å². The van der Waals surface area contributed by atoms with Gasteiger partial charge < -0.3 is 0 Å². The minimum atomic E-state index is -3.50. The van der Waals surface area contributed by atoms with Crippen molar-refractivity contribution in [2.24, 2.45) is 11.8 Å². The third-order valence-corrected chi connectivity index (χ3v) is 6.99. The maximum absolute atomic E-state index is 13.1. The fourth-order valence-electron chi connectivity index (χ4n) is 2.89. The first kappa shape index (κ1) is 16.9. The van der Waals surface area contributed by atoms with E-state index in [2.05, 4.69) is 0 Å². The minimum absolute atomic E-state index is 0.0370. The molecule has 2 aliphatic carbocycles. The molecule has 1 unspecified atom stereocenters. The second-order valence-corrected chi connectivity index (χ2v) is 8.95. The third-order valence-electron chi connectivity index (χ3n) is 5.00. The van der Waals surface area contributed by atoms with Gasteiger partial charge in [-0.2, -0.15) is 17.0 Å². The number of halogens is 1. The Labute approximate surface area is 138 Å². The van der Waals surface area contributed by atoms with Crippen LogP contribution in [0.25, 0.3) is 0 Å². The van der Waals surface area contributed by atoms with Gasteiger partial charge in [-0.05, 0) is 62.1 Å². The van der Waals surface area contributed by atoms with Crippen LogP contribution in [0, 0.1) is 17.7 Å². The van der Waals surface area contributed by atoms with Crippen LogP contribution in [0.5, 0.6) is 0 Å². The summed E-state index contributed by atoms with van der Waals surface area (Å²) in [6.07, 6.45) is 4.41. The Balaban J connectivity index is 1.77. The quantitative estimate of drug-likeness (QED) is 0.730. The Bertz CT molecular complexity index is 639. The number of hydrogen-bond acceptors (Lipinski definition) is 2. The van der Waals surface area contributed by atoms with Crippen LogP contribution in [-0.4, -0.2) is 36.7 Å². The van der Waals surface area contributed by atoms with Gasteiger partial charge in [0.15, 0.2) is 0 Å². The highest BCUT2D eigenvalue weighted by Gasteiger charge is 2.39. The van der Waals surface area contributed by atoms with Crippen LogP contribution in [0.4, 0.5) is 4.39 Å². The first-order chi connectivity index (χ1) is 10.9. The Morgan fingerprint density at radius 3 is 2.30 bits per heavy atom. The Hall–Kier alpha value is -0.980. The molecule has 0 radical (unpaired) electrons. The van der Waals surface area contributed by atoms with Gasteiger partial charge in [-0.3, -0.25) is 0 Å². The maximum Gasteiger partial charge on any atom is 0.282 e. The van der Waals surface area contributed by atoms with Crippen LogP contribution in [-0.2, 0) is 16.8 Å². The highest BCUT2D eigenvalue weighted by atomic mass is 32.2. The van der Waals surface area contributed by atoms with Crippen molar-refractivity contribution in [1.82, 2.24) is 8.61 Å². The SMILES string of the molecule is CC(C1CC1)N(C)S(=O)(=O)N(Cc1ccc(F)cc1)CC1CC1. The average molecular weight is 340 g/mol. The van der Waals surface area contributed by atoms with E-state index in [1.54, 1.807) is 23.5 Å². The second kappa shape index (κ2) is 6.49. The molecule has 1 aromatic rings. The summed E-state index contributed by atoms with van der Waals surface area (Å²) in [4.78, 5) is 0. The van der Waals surface area contributed by atoms with E-state index in [0.717, 1.165) is 31.2 Å². The lowest BCUT2D eigenvalue weighted by Crippen LogP contribution is -2.46. The van der Waals surface area contributed by atoms with Crippen LogP contribution in [0.15, 0.2) is 24.3 Å². The predicted octanol–water partition coefficient (Wildman–Crippen LogP) is 3.01. The van der Waals surface area contributed by atoms with Crippen molar-refractivity contribution in [3.05, 3.63) is 35.6 Å². The van der Waals surface area contributed by atoms with E-state index in [1.807, 2.05) is 6.92 Å². The molecule has 23 heavy (non-hydrogen) atoms. The summed E-state index contributed by atoms with van der Waals surface area (Å²) in [7, 11) is -1.81. The topological polar surface area (TPSA) is 40.6 Å². The van der Waals surface area contributed by atoms with Gasteiger partial charge in [-0.25, -0.2) is 4.39 Å². The molecule has 1 aromatic carbocycles. The van der Waals surface area contributed by atoms with E-state index in [0.29, 0.717) is 24.9 Å². The molecule has 3 rings (SSSR count).